The van der Waals surface area contributed by atoms with E-state index >= 15 is 0 Å². The largest absolute Gasteiger partial charge is 0.469 e. The molecule has 0 saturated carbocycles. The molecule has 0 fully saturated rings. The Morgan fingerprint density at radius 3 is 2.81 bits per heavy atom. The van der Waals surface area contributed by atoms with Crippen LogP contribution in [0.1, 0.15) is 17.8 Å². The van der Waals surface area contributed by atoms with Gasteiger partial charge in [-0.05, 0) is 28.7 Å². The first kappa shape index (κ1) is 13.6. The standard InChI is InChI=1S/C9H7ClF2INO2/c1-16-7(15)3-6-4(10)2-5(13)8(14-6)9(11)12/h2,9H,3H2,1H3. The summed E-state index contributed by atoms with van der Waals surface area (Å²) >= 11 is 7.51. The van der Waals surface area contributed by atoms with Gasteiger partial charge in [-0.1, -0.05) is 11.6 Å². The quantitative estimate of drug-likeness (QED) is 0.614. The Morgan fingerprint density at radius 1 is 1.69 bits per heavy atom. The fourth-order valence-electron chi connectivity index (χ4n) is 1.01. The number of hydrogen-bond acceptors (Lipinski definition) is 3. The fraction of sp³-hybridized carbons (Fsp3) is 0.333. The number of esters is 1. The number of methoxy groups -OCH3 is 1. The molecule has 1 rings (SSSR count). The van der Waals surface area contributed by atoms with E-state index in [2.05, 4.69) is 9.72 Å². The van der Waals surface area contributed by atoms with E-state index in [0.717, 1.165) is 0 Å². The molecule has 88 valence electrons. The molecular formula is C9H7ClF2INO2. The smallest absolute Gasteiger partial charge is 0.311 e. The van der Waals surface area contributed by atoms with E-state index in [1.807, 2.05) is 0 Å². The number of hydrogen-bond donors (Lipinski definition) is 0. The van der Waals surface area contributed by atoms with E-state index < -0.39 is 12.4 Å². The van der Waals surface area contributed by atoms with Gasteiger partial charge in [0.2, 0.25) is 0 Å². The maximum absolute atomic E-state index is 12.5. The number of nitrogens with zero attached hydrogens (tertiary/aromatic N) is 1. The van der Waals surface area contributed by atoms with Crippen LogP contribution in [0.4, 0.5) is 8.78 Å². The van der Waals surface area contributed by atoms with E-state index in [1.54, 1.807) is 22.6 Å². The Labute approximate surface area is 109 Å². The SMILES string of the molecule is COC(=O)Cc1nc(C(F)F)c(I)cc1Cl. The van der Waals surface area contributed by atoms with Gasteiger partial charge in [-0.25, -0.2) is 13.8 Å². The normalized spacial score (nSPS) is 10.6. The zero-order chi connectivity index (χ0) is 12.3. The average molecular weight is 362 g/mol. The lowest BCUT2D eigenvalue weighted by Crippen LogP contribution is -2.09. The van der Waals surface area contributed by atoms with E-state index in [0.29, 0.717) is 0 Å². The third-order valence-corrected chi connectivity index (χ3v) is 2.97. The molecule has 1 aromatic heterocycles. The van der Waals surface area contributed by atoms with Crippen LogP contribution in [-0.4, -0.2) is 18.1 Å². The first-order valence-corrected chi connectivity index (χ1v) is 5.61. The van der Waals surface area contributed by atoms with Crippen molar-refractivity contribution in [3.63, 3.8) is 0 Å². The summed E-state index contributed by atoms with van der Waals surface area (Å²) in [6.45, 7) is 0. The number of halogens is 4. The maximum atomic E-state index is 12.5. The van der Waals surface area contributed by atoms with Crippen molar-refractivity contribution in [3.05, 3.63) is 26.0 Å². The monoisotopic (exact) mass is 361 g/mol. The number of ether oxygens (including phenoxy) is 1. The van der Waals surface area contributed by atoms with Crippen LogP contribution in [-0.2, 0) is 16.0 Å². The van der Waals surface area contributed by atoms with E-state index in [1.165, 1.54) is 13.2 Å². The van der Waals surface area contributed by atoms with E-state index in [-0.39, 0.29) is 26.4 Å². The lowest BCUT2D eigenvalue weighted by molar-refractivity contribution is -0.139. The molecule has 0 N–H and O–H groups in total. The van der Waals surface area contributed by atoms with Crippen LogP contribution in [0.15, 0.2) is 6.07 Å². The Bertz CT molecular complexity index is 415. The fourth-order valence-corrected chi connectivity index (χ4v) is 2.08. The molecule has 1 heterocycles. The zero-order valence-corrected chi connectivity index (χ0v) is 11.1. The zero-order valence-electron chi connectivity index (χ0n) is 8.14. The number of alkyl halides is 2. The molecule has 0 unspecified atom stereocenters. The van der Waals surface area contributed by atoms with Crippen molar-refractivity contribution < 1.29 is 18.3 Å². The third kappa shape index (κ3) is 3.24. The summed E-state index contributed by atoms with van der Waals surface area (Å²) in [5.41, 5.74) is -0.270. The summed E-state index contributed by atoms with van der Waals surface area (Å²) in [7, 11) is 1.21. The molecule has 16 heavy (non-hydrogen) atoms. The van der Waals surface area contributed by atoms with Gasteiger partial charge in [-0.15, -0.1) is 0 Å². The molecular weight excluding hydrogens is 354 g/mol. The van der Waals surface area contributed by atoms with Crippen LogP contribution in [0.2, 0.25) is 5.02 Å². The van der Waals surface area contributed by atoms with E-state index in [9.17, 15) is 13.6 Å². The van der Waals surface area contributed by atoms with Crippen LogP contribution in [0, 0.1) is 3.57 Å². The molecule has 0 saturated heterocycles. The lowest BCUT2D eigenvalue weighted by atomic mass is 10.2. The van der Waals surface area contributed by atoms with Gasteiger partial charge in [0.25, 0.3) is 6.43 Å². The summed E-state index contributed by atoms with van der Waals surface area (Å²) in [5, 5.41) is 0.180. The average Bonchev–Trinajstić information content (AvgIpc) is 2.21. The van der Waals surface area contributed by atoms with Crippen LogP contribution >= 0.6 is 34.2 Å². The molecule has 0 spiro atoms. The van der Waals surface area contributed by atoms with Crippen molar-refractivity contribution in [2.75, 3.05) is 7.11 Å². The second-order valence-corrected chi connectivity index (χ2v) is 4.41. The van der Waals surface area contributed by atoms with Crippen molar-refractivity contribution in [3.8, 4) is 0 Å². The summed E-state index contributed by atoms with van der Waals surface area (Å²) in [6.07, 6.45) is -2.91. The first-order chi connectivity index (χ1) is 7.45. The van der Waals surface area contributed by atoms with Gasteiger partial charge < -0.3 is 4.74 Å². The summed E-state index contributed by atoms with van der Waals surface area (Å²) in [6, 6.07) is 1.36. The predicted octanol–water partition coefficient (Wildman–Crippen LogP) is 2.99. The minimum Gasteiger partial charge on any atom is -0.469 e. The molecule has 0 amide bonds. The second kappa shape index (κ2) is 5.72. The van der Waals surface area contributed by atoms with Crippen LogP contribution in [0.3, 0.4) is 0 Å². The molecule has 0 aliphatic heterocycles. The van der Waals surface area contributed by atoms with Gasteiger partial charge in [0.05, 0.1) is 24.2 Å². The van der Waals surface area contributed by atoms with Gasteiger partial charge in [0, 0.05) is 3.57 Å². The van der Waals surface area contributed by atoms with Crippen LogP contribution < -0.4 is 0 Å². The van der Waals surface area contributed by atoms with Crippen molar-refractivity contribution in [1.29, 1.82) is 0 Å². The minimum absolute atomic E-state index is 0.101. The highest BCUT2D eigenvalue weighted by Gasteiger charge is 2.18. The van der Waals surface area contributed by atoms with Gasteiger partial charge in [-0.2, -0.15) is 0 Å². The van der Waals surface area contributed by atoms with E-state index in [4.69, 9.17) is 11.6 Å². The van der Waals surface area contributed by atoms with Gasteiger partial charge in [0.15, 0.2) is 0 Å². The third-order valence-electron chi connectivity index (χ3n) is 1.78. The first-order valence-electron chi connectivity index (χ1n) is 4.15. The minimum atomic E-state index is -2.69. The Hall–Kier alpha value is -0.500. The van der Waals surface area contributed by atoms with Crippen molar-refractivity contribution in [1.82, 2.24) is 4.98 Å². The number of rotatable bonds is 3. The Kier molecular flexibility index (Phi) is 4.85. The number of carbonyl (C=O) groups excluding carboxylic acids is 1. The molecule has 7 heteroatoms. The van der Waals surface area contributed by atoms with Crippen molar-refractivity contribution in [2.45, 2.75) is 12.8 Å². The molecule has 3 nitrogen and oxygen atoms in total. The highest BCUT2D eigenvalue weighted by molar-refractivity contribution is 14.1. The molecule has 0 radical (unpaired) electrons. The van der Waals surface area contributed by atoms with Crippen molar-refractivity contribution >= 4 is 40.2 Å². The Morgan fingerprint density at radius 2 is 2.31 bits per heavy atom. The summed E-state index contributed by atoms with van der Waals surface area (Å²) in [4.78, 5) is 14.7. The summed E-state index contributed by atoms with van der Waals surface area (Å²) < 4.78 is 29.7. The number of pyridine rings is 1. The molecule has 0 aliphatic rings. The van der Waals surface area contributed by atoms with Gasteiger partial charge >= 0.3 is 5.97 Å². The molecule has 0 atom stereocenters. The second-order valence-electron chi connectivity index (χ2n) is 2.84. The molecule has 0 aromatic carbocycles. The van der Waals surface area contributed by atoms with Crippen LogP contribution in [0.5, 0.6) is 0 Å². The molecule has 1 aromatic rings. The highest BCUT2D eigenvalue weighted by atomic mass is 127. The Balaban J connectivity index is 3.09. The molecule has 0 aliphatic carbocycles. The maximum Gasteiger partial charge on any atom is 0.311 e. The van der Waals surface area contributed by atoms with Crippen LogP contribution in [0.25, 0.3) is 0 Å². The predicted molar refractivity (Wildman–Crippen MR) is 62.6 cm³/mol. The van der Waals surface area contributed by atoms with Gasteiger partial charge in [0.1, 0.15) is 5.69 Å². The number of carbonyl (C=O) groups is 1. The number of aromatic nitrogens is 1. The van der Waals surface area contributed by atoms with Crippen molar-refractivity contribution in [2.24, 2.45) is 0 Å². The highest BCUT2D eigenvalue weighted by Crippen LogP contribution is 2.27. The summed E-state index contributed by atoms with van der Waals surface area (Å²) in [5.74, 6) is -0.573. The molecule has 0 bridgehead atoms. The lowest BCUT2D eigenvalue weighted by Gasteiger charge is -2.07. The van der Waals surface area contributed by atoms with Gasteiger partial charge in [-0.3, -0.25) is 4.79 Å². The topological polar surface area (TPSA) is 39.2 Å².